The summed E-state index contributed by atoms with van der Waals surface area (Å²) < 4.78 is 16.9. The molecule has 0 saturated carbocycles. The minimum absolute atomic E-state index is 0.139. The molecule has 0 atom stereocenters. The molecule has 2 amide bonds. The van der Waals surface area contributed by atoms with Crippen LogP contribution in [0.25, 0.3) is 0 Å². The number of rotatable bonds is 9. The molecule has 0 bridgehead atoms. The first-order valence-electron chi connectivity index (χ1n) is 8.96. The molecule has 0 saturated heterocycles. The van der Waals surface area contributed by atoms with Crippen molar-refractivity contribution in [3.8, 4) is 17.2 Å². The largest absolute Gasteiger partial charge is 0.490 e. The minimum atomic E-state index is -1.03. The lowest BCUT2D eigenvalue weighted by atomic mass is 10.2. The highest BCUT2D eigenvalue weighted by Crippen LogP contribution is 2.40. The van der Waals surface area contributed by atoms with Crippen molar-refractivity contribution in [3.05, 3.63) is 42.0 Å². The predicted molar refractivity (Wildman–Crippen MR) is 106 cm³/mol. The molecule has 0 fully saturated rings. The van der Waals surface area contributed by atoms with Gasteiger partial charge in [-0.1, -0.05) is 0 Å². The number of hydrogen-bond acceptors (Lipinski definition) is 5. The van der Waals surface area contributed by atoms with Crippen LogP contribution in [0.15, 0.2) is 36.4 Å². The maximum atomic E-state index is 12.3. The standard InChI is InChI=1S/C20H24N2O6/c1-4-26-16-11-15(12-17(27-5-2)18(16)28-6-3)22-20(25)21-14-9-7-13(8-10-14)19(23)24/h7-12H,4-6H2,1-3H3,(H,23,24)(H2,21,22,25). The topological polar surface area (TPSA) is 106 Å². The van der Waals surface area contributed by atoms with Gasteiger partial charge in [0.15, 0.2) is 11.5 Å². The molecular formula is C20H24N2O6. The van der Waals surface area contributed by atoms with Crippen LogP contribution in [-0.2, 0) is 0 Å². The number of carboxylic acids is 1. The summed E-state index contributed by atoms with van der Waals surface area (Å²) in [7, 11) is 0. The second-order valence-corrected chi connectivity index (χ2v) is 5.56. The number of carboxylic acid groups (broad SMARTS) is 1. The van der Waals surface area contributed by atoms with E-state index in [9.17, 15) is 9.59 Å². The van der Waals surface area contributed by atoms with Crippen LogP contribution in [0, 0.1) is 0 Å². The summed E-state index contributed by atoms with van der Waals surface area (Å²) in [4.78, 5) is 23.2. The van der Waals surface area contributed by atoms with Gasteiger partial charge in [0.25, 0.3) is 0 Å². The first-order valence-corrected chi connectivity index (χ1v) is 8.96. The van der Waals surface area contributed by atoms with Gasteiger partial charge in [-0.15, -0.1) is 0 Å². The molecule has 28 heavy (non-hydrogen) atoms. The molecule has 0 radical (unpaired) electrons. The maximum absolute atomic E-state index is 12.3. The average molecular weight is 388 g/mol. The molecule has 0 unspecified atom stereocenters. The van der Waals surface area contributed by atoms with E-state index in [0.717, 1.165) is 0 Å². The van der Waals surface area contributed by atoms with Crippen molar-refractivity contribution in [2.24, 2.45) is 0 Å². The van der Waals surface area contributed by atoms with E-state index in [1.54, 1.807) is 12.1 Å². The highest BCUT2D eigenvalue weighted by Gasteiger charge is 2.16. The summed E-state index contributed by atoms with van der Waals surface area (Å²) in [6.07, 6.45) is 0. The number of nitrogens with one attached hydrogen (secondary N) is 2. The van der Waals surface area contributed by atoms with Crippen LogP contribution in [0.4, 0.5) is 16.2 Å². The van der Waals surface area contributed by atoms with Gasteiger partial charge in [-0.05, 0) is 45.0 Å². The van der Waals surface area contributed by atoms with Gasteiger partial charge in [0, 0.05) is 17.8 Å². The third kappa shape index (κ3) is 5.54. The summed E-state index contributed by atoms with van der Waals surface area (Å²) in [6, 6.07) is 8.67. The Kier molecular flexibility index (Phi) is 7.50. The number of carbonyl (C=O) groups is 2. The molecule has 2 aromatic carbocycles. The van der Waals surface area contributed by atoms with E-state index in [-0.39, 0.29) is 5.56 Å². The number of urea groups is 1. The molecule has 0 heterocycles. The highest BCUT2D eigenvalue weighted by molar-refractivity contribution is 6.00. The van der Waals surface area contributed by atoms with Crippen LogP contribution in [-0.4, -0.2) is 36.9 Å². The zero-order valence-electron chi connectivity index (χ0n) is 16.1. The molecular weight excluding hydrogens is 364 g/mol. The Morgan fingerprint density at radius 2 is 1.32 bits per heavy atom. The fourth-order valence-corrected chi connectivity index (χ4v) is 2.45. The second kappa shape index (κ2) is 10.1. The monoisotopic (exact) mass is 388 g/mol. The zero-order chi connectivity index (χ0) is 20.5. The lowest BCUT2D eigenvalue weighted by Gasteiger charge is -2.17. The van der Waals surface area contributed by atoms with E-state index >= 15 is 0 Å². The molecule has 150 valence electrons. The van der Waals surface area contributed by atoms with Gasteiger partial charge in [-0.25, -0.2) is 9.59 Å². The Labute approximate surface area is 163 Å². The van der Waals surface area contributed by atoms with E-state index in [4.69, 9.17) is 19.3 Å². The normalized spacial score (nSPS) is 10.1. The van der Waals surface area contributed by atoms with Gasteiger partial charge in [-0.3, -0.25) is 0 Å². The SMILES string of the molecule is CCOc1cc(NC(=O)Nc2ccc(C(=O)O)cc2)cc(OCC)c1OCC. The second-order valence-electron chi connectivity index (χ2n) is 5.56. The van der Waals surface area contributed by atoms with Crippen molar-refractivity contribution in [1.82, 2.24) is 0 Å². The summed E-state index contributed by atoms with van der Waals surface area (Å²) in [6.45, 7) is 6.86. The van der Waals surface area contributed by atoms with Gasteiger partial charge in [0.1, 0.15) is 0 Å². The van der Waals surface area contributed by atoms with E-state index in [1.807, 2.05) is 20.8 Å². The number of ether oxygens (including phenoxy) is 3. The molecule has 3 N–H and O–H groups in total. The molecule has 0 spiro atoms. The van der Waals surface area contributed by atoms with Gasteiger partial charge in [0.05, 0.1) is 31.1 Å². The minimum Gasteiger partial charge on any atom is -0.490 e. The Balaban J connectivity index is 2.19. The van der Waals surface area contributed by atoms with Crippen molar-refractivity contribution in [1.29, 1.82) is 0 Å². The van der Waals surface area contributed by atoms with Crippen molar-refractivity contribution in [2.75, 3.05) is 30.5 Å². The van der Waals surface area contributed by atoms with E-state index in [1.165, 1.54) is 24.3 Å². The van der Waals surface area contributed by atoms with Gasteiger partial charge >= 0.3 is 12.0 Å². The van der Waals surface area contributed by atoms with E-state index in [0.29, 0.717) is 48.4 Å². The molecule has 0 aliphatic carbocycles. The van der Waals surface area contributed by atoms with Crippen LogP contribution < -0.4 is 24.8 Å². The fourth-order valence-electron chi connectivity index (χ4n) is 2.45. The molecule has 2 rings (SSSR count). The summed E-state index contributed by atoms with van der Waals surface area (Å²) >= 11 is 0. The first-order chi connectivity index (χ1) is 13.5. The van der Waals surface area contributed by atoms with Crippen LogP contribution in [0.1, 0.15) is 31.1 Å². The van der Waals surface area contributed by atoms with Gasteiger partial charge < -0.3 is 30.0 Å². The molecule has 0 aromatic heterocycles. The molecule has 2 aromatic rings. The maximum Gasteiger partial charge on any atom is 0.335 e. The van der Waals surface area contributed by atoms with E-state index in [2.05, 4.69) is 10.6 Å². The Morgan fingerprint density at radius 1 is 0.821 bits per heavy atom. The third-order valence-corrected chi connectivity index (χ3v) is 3.56. The molecule has 8 heteroatoms. The van der Waals surface area contributed by atoms with Gasteiger partial charge in [0.2, 0.25) is 5.75 Å². The van der Waals surface area contributed by atoms with Crippen LogP contribution >= 0.6 is 0 Å². The number of benzene rings is 2. The van der Waals surface area contributed by atoms with Crippen LogP contribution in [0.5, 0.6) is 17.2 Å². The number of carbonyl (C=O) groups excluding carboxylic acids is 1. The zero-order valence-corrected chi connectivity index (χ0v) is 16.1. The van der Waals surface area contributed by atoms with E-state index < -0.39 is 12.0 Å². The summed E-state index contributed by atoms with van der Waals surface area (Å²) in [5.41, 5.74) is 1.07. The number of anilines is 2. The van der Waals surface area contributed by atoms with Crippen molar-refractivity contribution < 1.29 is 28.9 Å². The number of amides is 2. The van der Waals surface area contributed by atoms with Crippen molar-refractivity contribution in [3.63, 3.8) is 0 Å². The van der Waals surface area contributed by atoms with Crippen molar-refractivity contribution >= 4 is 23.4 Å². The Morgan fingerprint density at radius 3 is 1.79 bits per heavy atom. The Hall–Kier alpha value is -3.42. The third-order valence-electron chi connectivity index (χ3n) is 3.56. The smallest absolute Gasteiger partial charge is 0.335 e. The Bertz CT molecular complexity index is 793. The number of aromatic carboxylic acids is 1. The van der Waals surface area contributed by atoms with Crippen LogP contribution in [0.3, 0.4) is 0 Å². The average Bonchev–Trinajstić information content (AvgIpc) is 2.65. The molecule has 0 aliphatic rings. The summed E-state index contributed by atoms with van der Waals surface area (Å²) in [5, 5.41) is 14.3. The van der Waals surface area contributed by atoms with Gasteiger partial charge in [-0.2, -0.15) is 0 Å². The highest BCUT2D eigenvalue weighted by atomic mass is 16.5. The van der Waals surface area contributed by atoms with Crippen molar-refractivity contribution in [2.45, 2.75) is 20.8 Å². The molecule has 0 aliphatic heterocycles. The first kappa shape index (κ1) is 20.9. The number of hydrogen-bond donors (Lipinski definition) is 3. The molecule has 8 nitrogen and oxygen atoms in total. The predicted octanol–water partition coefficient (Wildman–Crippen LogP) is 4.22. The fraction of sp³-hybridized carbons (Fsp3) is 0.300. The lowest BCUT2D eigenvalue weighted by Crippen LogP contribution is -2.19. The quantitative estimate of drug-likeness (QED) is 0.594. The van der Waals surface area contributed by atoms with Crippen LogP contribution in [0.2, 0.25) is 0 Å². The lowest BCUT2D eigenvalue weighted by molar-refractivity contribution is 0.0697. The summed E-state index contributed by atoms with van der Waals surface area (Å²) in [5.74, 6) is 0.395.